The van der Waals surface area contributed by atoms with Gasteiger partial charge in [0.1, 0.15) is 5.54 Å². The lowest BCUT2D eigenvalue weighted by Crippen LogP contribution is -2.55. The summed E-state index contributed by atoms with van der Waals surface area (Å²) in [6.45, 7) is 3.70. The van der Waals surface area contributed by atoms with Crippen LogP contribution in [-0.4, -0.2) is 53.8 Å². The van der Waals surface area contributed by atoms with Gasteiger partial charge in [0.15, 0.2) is 0 Å². The molecule has 1 aromatic rings. The average molecular weight is 388 g/mol. The Labute approximate surface area is 163 Å². The topological polar surface area (TPSA) is 69.7 Å². The van der Waals surface area contributed by atoms with E-state index in [0.29, 0.717) is 0 Å². The molecule has 0 radical (unpaired) electrons. The largest absolute Gasteiger partial charge is 0.313 e. The number of amides is 3. The van der Waals surface area contributed by atoms with Gasteiger partial charge in [-0.25, -0.2) is 0 Å². The first kappa shape index (κ1) is 18.5. The van der Waals surface area contributed by atoms with Crippen LogP contribution in [0.1, 0.15) is 25.8 Å². The zero-order valence-electron chi connectivity index (χ0n) is 16.1. The van der Waals surface area contributed by atoms with Crippen LogP contribution in [0.5, 0.6) is 0 Å². The van der Waals surface area contributed by atoms with Gasteiger partial charge in [0.05, 0.1) is 11.8 Å². The third-order valence-electron chi connectivity index (χ3n) is 6.18. The number of carbonyl (C=O) groups excluding carboxylic acids is 3. The molecule has 0 unspecified atom stereocenters. The number of carbonyl (C=O) groups is 3. The van der Waals surface area contributed by atoms with Crippen LogP contribution in [-0.2, 0) is 19.9 Å². The molecule has 1 aromatic carbocycles. The van der Waals surface area contributed by atoms with E-state index in [9.17, 15) is 14.4 Å². The van der Waals surface area contributed by atoms with Crippen LogP contribution >= 0.6 is 11.8 Å². The quantitative estimate of drug-likeness (QED) is 0.795. The molecule has 3 aliphatic rings. The molecular weight excluding hydrogens is 362 g/mol. The summed E-state index contributed by atoms with van der Waals surface area (Å²) in [7, 11) is 1.74. The third-order valence-corrected chi connectivity index (χ3v) is 6.82. The number of hydrogen-bond donors (Lipinski definition) is 1. The number of para-hydroxylation sites is 1. The molecule has 4 rings (SSSR count). The van der Waals surface area contributed by atoms with Gasteiger partial charge in [-0.3, -0.25) is 24.6 Å². The van der Waals surface area contributed by atoms with Crippen LogP contribution in [0, 0.1) is 11.8 Å². The first-order chi connectivity index (χ1) is 12.9. The fourth-order valence-corrected chi connectivity index (χ4v) is 5.57. The maximum Gasteiger partial charge on any atom is 0.252 e. The minimum atomic E-state index is -1.14. The fourth-order valence-electron chi connectivity index (χ4n) is 5.08. The Bertz CT molecular complexity index is 826. The van der Waals surface area contributed by atoms with E-state index in [0.717, 1.165) is 23.4 Å². The average Bonchev–Trinajstić information content (AvgIpc) is 3.20. The number of nitrogens with one attached hydrogen (secondary N) is 1. The van der Waals surface area contributed by atoms with Crippen molar-refractivity contribution in [3.63, 3.8) is 0 Å². The number of anilines is 1. The second-order valence-corrected chi connectivity index (χ2v) is 8.85. The van der Waals surface area contributed by atoms with Crippen molar-refractivity contribution in [3.05, 3.63) is 29.8 Å². The van der Waals surface area contributed by atoms with Crippen LogP contribution in [0.15, 0.2) is 24.3 Å². The SMILES string of the molecule is CSCC[C@@H]1N[C@@]2(C(=O)N(C)c3ccccc32)[C@H]2C(=O)N(C(C)C)C(=O)[C@H]12. The molecule has 0 aliphatic carbocycles. The summed E-state index contributed by atoms with van der Waals surface area (Å²) in [6.07, 6.45) is 2.77. The van der Waals surface area contributed by atoms with E-state index in [1.165, 1.54) is 4.90 Å². The standard InChI is InChI=1S/C20H25N3O3S/c1-11(2)23-17(24)15-13(9-10-27-4)21-20(16(15)18(23)25)12-7-5-6-8-14(12)22(3)19(20)26/h5-8,11,13,15-16,21H,9-10H2,1-4H3/t13-,15+,16+,20+/m0/s1. The molecule has 4 atom stereocenters. The van der Waals surface area contributed by atoms with E-state index < -0.39 is 17.4 Å². The van der Waals surface area contributed by atoms with E-state index >= 15 is 0 Å². The molecule has 0 aromatic heterocycles. The van der Waals surface area contributed by atoms with E-state index in [2.05, 4.69) is 5.32 Å². The van der Waals surface area contributed by atoms with Crippen molar-refractivity contribution < 1.29 is 14.4 Å². The van der Waals surface area contributed by atoms with Gasteiger partial charge in [-0.05, 0) is 38.3 Å². The Kier molecular flexibility index (Phi) is 4.35. The van der Waals surface area contributed by atoms with Crippen molar-refractivity contribution in [1.82, 2.24) is 10.2 Å². The fraction of sp³-hybridized carbons (Fsp3) is 0.550. The highest BCUT2D eigenvalue weighted by Gasteiger charge is 2.71. The Hall–Kier alpha value is -1.86. The number of thioether (sulfide) groups is 1. The highest BCUT2D eigenvalue weighted by atomic mass is 32.2. The molecule has 3 heterocycles. The molecule has 3 aliphatic heterocycles. The van der Waals surface area contributed by atoms with Gasteiger partial charge in [0, 0.05) is 30.4 Å². The summed E-state index contributed by atoms with van der Waals surface area (Å²) >= 11 is 1.70. The lowest BCUT2D eigenvalue weighted by Gasteiger charge is -2.31. The molecular formula is C20H25N3O3S. The molecule has 144 valence electrons. The second kappa shape index (κ2) is 6.34. The van der Waals surface area contributed by atoms with Crippen molar-refractivity contribution in [3.8, 4) is 0 Å². The van der Waals surface area contributed by atoms with Gasteiger partial charge in [-0.1, -0.05) is 18.2 Å². The Morgan fingerprint density at radius 1 is 1.19 bits per heavy atom. The number of rotatable bonds is 4. The van der Waals surface area contributed by atoms with Gasteiger partial charge in [-0.15, -0.1) is 0 Å². The molecule has 6 nitrogen and oxygen atoms in total. The summed E-state index contributed by atoms with van der Waals surface area (Å²) in [6, 6.07) is 7.19. The molecule has 1 spiro atoms. The van der Waals surface area contributed by atoms with E-state index in [1.807, 2.05) is 44.4 Å². The van der Waals surface area contributed by atoms with Gasteiger partial charge in [0.2, 0.25) is 11.8 Å². The van der Waals surface area contributed by atoms with Crippen molar-refractivity contribution in [2.75, 3.05) is 24.0 Å². The van der Waals surface area contributed by atoms with E-state index in [1.54, 1.807) is 23.7 Å². The summed E-state index contributed by atoms with van der Waals surface area (Å²) in [5, 5.41) is 3.49. The maximum atomic E-state index is 13.5. The van der Waals surface area contributed by atoms with E-state index in [-0.39, 0.29) is 29.8 Å². The minimum absolute atomic E-state index is 0.142. The molecule has 0 saturated carbocycles. The Morgan fingerprint density at radius 3 is 2.56 bits per heavy atom. The zero-order valence-corrected chi connectivity index (χ0v) is 16.9. The van der Waals surface area contributed by atoms with Crippen molar-refractivity contribution in [2.45, 2.75) is 37.9 Å². The number of benzene rings is 1. The van der Waals surface area contributed by atoms with Crippen molar-refractivity contribution in [2.24, 2.45) is 11.8 Å². The van der Waals surface area contributed by atoms with Crippen LogP contribution in [0.25, 0.3) is 0 Å². The first-order valence-electron chi connectivity index (χ1n) is 9.37. The van der Waals surface area contributed by atoms with E-state index in [4.69, 9.17) is 0 Å². The first-order valence-corrected chi connectivity index (χ1v) is 10.8. The predicted molar refractivity (Wildman–Crippen MR) is 105 cm³/mol. The molecule has 1 N–H and O–H groups in total. The van der Waals surface area contributed by atoms with Crippen molar-refractivity contribution >= 4 is 35.2 Å². The molecule has 27 heavy (non-hydrogen) atoms. The minimum Gasteiger partial charge on any atom is -0.313 e. The summed E-state index contributed by atoms with van der Waals surface area (Å²) in [5.41, 5.74) is 0.476. The maximum absolute atomic E-state index is 13.5. The van der Waals surface area contributed by atoms with Gasteiger partial charge < -0.3 is 4.90 Å². The number of nitrogens with zero attached hydrogens (tertiary/aromatic N) is 2. The van der Waals surface area contributed by atoms with Gasteiger partial charge in [-0.2, -0.15) is 11.8 Å². The van der Waals surface area contributed by atoms with Crippen LogP contribution in [0.2, 0.25) is 0 Å². The van der Waals surface area contributed by atoms with Crippen LogP contribution < -0.4 is 10.2 Å². The number of hydrogen-bond acceptors (Lipinski definition) is 5. The molecule has 2 fully saturated rings. The summed E-state index contributed by atoms with van der Waals surface area (Å²) in [5.74, 6) is -0.815. The summed E-state index contributed by atoms with van der Waals surface area (Å²) < 4.78 is 0. The highest BCUT2D eigenvalue weighted by molar-refractivity contribution is 7.98. The highest BCUT2D eigenvalue weighted by Crippen LogP contribution is 2.54. The zero-order chi connectivity index (χ0) is 19.5. The van der Waals surface area contributed by atoms with Crippen LogP contribution in [0.3, 0.4) is 0 Å². The lowest BCUT2D eigenvalue weighted by molar-refractivity contribution is -0.144. The summed E-state index contributed by atoms with van der Waals surface area (Å²) in [4.78, 5) is 43.0. The smallest absolute Gasteiger partial charge is 0.252 e. The molecule has 0 bridgehead atoms. The number of likely N-dealkylation sites (N-methyl/N-ethyl adjacent to an activating group) is 1. The predicted octanol–water partition coefficient (Wildman–Crippen LogP) is 1.59. The Balaban J connectivity index is 1.88. The molecule has 7 heteroatoms. The molecule has 3 amide bonds. The van der Waals surface area contributed by atoms with Crippen LogP contribution in [0.4, 0.5) is 5.69 Å². The lowest BCUT2D eigenvalue weighted by atomic mass is 9.76. The number of fused-ring (bicyclic) bond motifs is 4. The van der Waals surface area contributed by atoms with Gasteiger partial charge in [0.25, 0.3) is 5.91 Å². The second-order valence-electron chi connectivity index (χ2n) is 7.87. The third kappa shape index (κ3) is 2.27. The monoisotopic (exact) mass is 387 g/mol. The van der Waals surface area contributed by atoms with Crippen molar-refractivity contribution in [1.29, 1.82) is 0 Å². The van der Waals surface area contributed by atoms with Gasteiger partial charge >= 0.3 is 0 Å². The number of imide groups is 1. The molecule has 2 saturated heterocycles. The Morgan fingerprint density at radius 2 is 1.89 bits per heavy atom. The number of likely N-dealkylation sites (tertiary alicyclic amines) is 1. The normalized spacial score (nSPS) is 32.2.